The van der Waals surface area contributed by atoms with Gasteiger partial charge in [-0.1, -0.05) is 65.7 Å². The number of tetrazole rings is 1. The maximum absolute atomic E-state index is 14.8. The molecule has 1 aromatic rings. The topological polar surface area (TPSA) is 129 Å². The van der Waals surface area contributed by atoms with Gasteiger partial charge < -0.3 is 14.5 Å². The van der Waals surface area contributed by atoms with Crippen molar-refractivity contribution in [3.63, 3.8) is 0 Å². The average molecular weight is 609 g/mol. The van der Waals surface area contributed by atoms with Gasteiger partial charge in [0.25, 0.3) is 17.8 Å². The molecule has 11 heteroatoms. The lowest BCUT2D eigenvalue weighted by molar-refractivity contribution is -0.133. The SMILES string of the molecule is CCC1COCCN1C1=NC2(CCC(C(C)(C)C)CC2)N([C@H](CCC(C)(C)C)C2=CC=C(C(=O)Nc3nn[nH]n3)CC2)C1=O. The minimum absolute atomic E-state index is 0.0593. The van der Waals surface area contributed by atoms with E-state index in [1.165, 1.54) is 5.57 Å². The number of ether oxygens (including phenoxy) is 1. The molecule has 4 aliphatic rings. The summed E-state index contributed by atoms with van der Waals surface area (Å²) < 4.78 is 5.81. The van der Waals surface area contributed by atoms with Crippen molar-refractivity contribution in [1.82, 2.24) is 30.4 Å². The van der Waals surface area contributed by atoms with Crippen molar-refractivity contribution < 1.29 is 14.3 Å². The quantitative estimate of drug-likeness (QED) is 0.432. The number of amides is 2. The van der Waals surface area contributed by atoms with Crippen molar-refractivity contribution in [1.29, 1.82) is 0 Å². The third-order valence-electron chi connectivity index (χ3n) is 10.1. The van der Waals surface area contributed by atoms with Crippen molar-refractivity contribution in [2.75, 3.05) is 25.1 Å². The molecular weight excluding hydrogens is 556 g/mol. The van der Waals surface area contributed by atoms with Crippen LogP contribution < -0.4 is 5.32 Å². The number of aromatic amines is 1. The van der Waals surface area contributed by atoms with Gasteiger partial charge in [0.05, 0.1) is 25.3 Å². The van der Waals surface area contributed by atoms with Gasteiger partial charge in [-0.25, -0.2) is 4.99 Å². The molecule has 1 saturated carbocycles. The number of aliphatic imine (C=N–C) groups is 1. The number of hydrogen-bond donors (Lipinski definition) is 2. The molecule has 0 radical (unpaired) electrons. The first-order valence-corrected chi connectivity index (χ1v) is 16.5. The van der Waals surface area contributed by atoms with Gasteiger partial charge in [0.1, 0.15) is 5.66 Å². The lowest BCUT2D eigenvalue weighted by Gasteiger charge is -2.48. The fourth-order valence-electron chi connectivity index (χ4n) is 7.35. The third-order valence-corrected chi connectivity index (χ3v) is 10.1. The summed E-state index contributed by atoms with van der Waals surface area (Å²) in [6.45, 7) is 17.9. The molecule has 2 amide bonds. The van der Waals surface area contributed by atoms with Gasteiger partial charge in [0.15, 0.2) is 5.84 Å². The van der Waals surface area contributed by atoms with E-state index in [-0.39, 0.29) is 40.7 Å². The predicted octanol–water partition coefficient (Wildman–Crippen LogP) is 5.26. The first kappa shape index (κ1) is 32.3. The van der Waals surface area contributed by atoms with E-state index in [9.17, 15) is 9.59 Å². The highest BCUT2D eigenvalue weighted by Gasteiger charge is 2.54. The van der Waals surface area contributed by atoms with E-state index < -0.39 is 5.66 Å². The van der Waals surface area contributed by atoms with Gasteiger partial charge in [0.2, 0.25) is 0 Å². The predicted molar refractivity (Wildman–Crippen MR) is 171 cm³/mol. The third kappa shape index (κ3) is 6.92. The second-order valence-electron chi connectivity index (χ2n) is 15.3. The van der Waals surface area contributed by atoms with E-state index in [1.807, 2.05) is 6.08 Å². The van der Waals surface area contributed by atoms with E-state index in [0.717, 1.165) is 44.9 Å². The summed E-state index contributed by atoms with van der Waals surface area (Å²) in [5.74, 6) is 1.21. The summed E-state index contributed by atoms with van der Waals surface area (Å²) in [5.41, 5.74) is 1.65. The van der Waals surface area contributed by atoms with Crippen LogP contribution in [0.2, 0.25) is 0 Å². The zero-order chi connectivity index (χ0) is 31.7. The van der Waals surface area contributed by atoms with Crippen molar-refractivity contribution >= 4 is 23.6 Å². The summed E-state index contributed by atoms with van der Waals surface area (Å²) in [4.78, 5) is 37.6. The number of nitrogens with zero attached hydrogens (tertiary/aromatic N) is 6. The van der Waals surface area contributed by atoms with Crippen LogP contribution in [-0.2, 0) is 14.3 Å². The Kier molecular flexibility index (Phi) is 9.35. The highest BCUT2D eigenvalue weighted by Crippen LogP contribution is 2.49. The summed E-state index contributed by atoms with van der Waals surface area (Å²) in [7, 11) is 0. The Morgan fingerprint density at radius 1 is 1.16 bits per heavy atom. The Hall–Kier alpha value is -3.08. The van der Waals surface area contributed by atoms with Crippen molar-refractivity contribution in [2.45, 2.75) is 124 Å². The number of hydrogen-bond acceptors (Lipinski definition) is 8. The molecule has 1 spiro atoms. The number of morpholine rings is 1. The standard InChI is InChI=1S/C33H52N8O3/c1-8-25-21-44-20-19-40(25)27-29(43)41(33(35-27)17-13-24(14-18-33)32(5,6)7)26(15-16-31(2,3)4)22-9-11-23(12-10-22)28(42)34-30-36-38-39-37-30/h9,11,24-26H,8,10,12-21H2,1-7H3,(H2,34,36,37,38,39,42)/t24?,25?,26-,33?/m1/s1. The Balaban J connectivity index is 1.50. The monoisotopic (exact) mass is 608 g/mol. The smallest absolute Gasteiger partial charge is 0.291 e. The number of aromatic nitrogens is 4. The maximum Gasteiger partial charge on any atom is 0.291 e. The molecule has 11 nitrogen and oxygen atoms in total. The summed E-state index contributed by atoms with van der Waals surface area (Å²) in [6, 6.07) is 0.0628. The molecule has 2 aliphatic heterocycles. The Morgan fingerprint density at radius 3 is 2.50 bits per heavy atom. The highest BCUT2D eigenvalue weighted by atomic mass is 16.5. The maximum atomic E-state index is 14.8. The summed E-state index contributed by atoms with van der Waals surface area (Å²) >= 11 is 0. The molecular formula is C33H52N8O3. The van der Waals surface area contributed by atoms with Gasteiger partial charge in [-0.3, -0.25) is 14.9 Å². The summed E-state index contributed by atoms with van der Waals surface area (Å²) in [5, 5.41) is 16.3. The van der Waals surface area contributed by atoms with Gasteiger partial charge in [-0.05, 0) is 85.3 Å². The van der Waals surface area contributed by atoms with Gasteiger partial charge in [-0.2, -0.15) is 5.21 Å². The minimum Gasteiger partial charge on any atom is -0.377 e. The molecule has 2 N–H and O–H groups in total. The van der Waals surface area contributed by atoms with Crippen LogP contribution in [0.5, 0.6) is 0 Å². The Morgan fingerprint density at radius 2 is 1.91 bits per heavy atom. The lowest BCUT2D eigenvalue weighted by Crippen LogP contribution is -2.57. The van der Waals surface area contributed by atoms with Crippen LogP contribution in [0, 0.1) is 16.7 Å². The van der Waals surface area contributed by atoms with E-state index >= 15 is 0 Å². The van der Waals surface area contributed by atoms with Crippen LogP contribution in [0.3, 0.4) is 0 Å². The van der Waals surface area contributed by atoms with Crippen LogP contribution in [0.1, 0.15) is 106 Å². The van der Waals surface area contributed by atoms with E-state index in [1.54, 1.807) is 0 Å². The van der Waals surface area contributed by atoms with E-state index in [2.05, 4.69) is 90.3 Å². The molecule has 1 saturated heterocycles. The fraction of sp³-hybridized carbons (Fsp3) is 0.758. The molecule has 3 heterocycles. The molecule has 1 unspecified atom stereocenters. The molecule has 5 rings (SSSR count). The number of anilines is 1. The van der Waals surface area contributed by atoms with E-state index in [4.69, 9.17) is 9.73 Å². The molecule has 2 aliphatic carbocycles. The highest BCUT2D eigenvalue weighted by molar-refractivity contribution is 6.39. The van der Waals surface area contributed by atoms with Crippen molar-refractivity contribution in [3.05, 3.63) is 23.3 Å². The molecule has 44 heavy (non-hydrogen) atoms. The van der Waals surface area contributed by atoms with Crippen molar-refractivity contribution in [3.8, 4) is 0 Å². The normalized spacial score (nSPS) is 27.2. The van der Waals surface area contributed by atoms with Crippen LogP contribution in [0.4, 0.5) is 5.95 Å². The van der Waals surface area contributed by atoms with Crippen LogP contribution in [-0.4, -0.2) is 85.6 Å². The number of H-pyrrole nitrogens is 1. The molecule has 1 aromatic heterocycles. The second-order valence-corrected chi connectivity index (χ2v) is 15.3. The lowest BCUT2D eigenvalue weighted by atomic mass is 9.69. The Bertz CT molecular complexity index is 1280. The second kappa shape index (κ2) is 12.7. The van der Waals surface area contributed by atoms with Crippen molar-refractivity contribution in [2.24, 2.45) is 21.7 Å². The molecule has 0 aromatic carbocycles. The molecule has 2 fully saturated rings. The van der Waals surface area contributed by atoms with Gasteiger partial charge in [-0.15, -0.1) is 5.10 Å². The zero-order valence-corrected chi connectivity index (χ0v) is 27.8. The van der Waals surface area contributed by atoms with Crippen LogP contribution in [0.15, 0.2) is 28.3 Å². The number of carbonyl (C=O) groups is 2. The van der Waals surface area contributed by atoms with Crippen LogP contribution >= 0.6 is 0 Å². The first-order valence-electron chi connectivity index (χ1n) is 16.5. The summed E-state index contributed by atoms with van der Waals surface area (Å²) in [6.07, 6.45) is 11.8. The van der Waals surface area contributed by atoms with Gasteiger partial charge in [0, 0.05) is 12.1 Å². The first-order chi connectivity index (χ1) is 20.8. The molecule has 0 bridgehead atoms. The molecule has 2 atom stereocenters. The van der Waals surface area contributed by atoms with Crippen LogP contribution in [0.25, 0.3) is 0 Å². The van der Waals surface area contributed by atoms with E-state index in [0.29, 0.717) is 49.9 Å². The number of rotatable bonds is 7. The Labute approximate surface area is 262 Å². The fourth-order valence-corrected chi connectivity index (χ4v) is 7.35. The number of allylic oxidation sites excluding steroid dienone is 2. The van der Waals surface area contributed by atoms with Gasteiger partial charge >= 0.3 is 0 Å². The molecule has 242 valence electrons. The average Bonchev–Trinajstić information content (AvgIpc) is 3.59. The zero-order valence-electron chi connectivity index (χ0n) is 27.8. The largest absolute Gasteiger partial charge is 0.377 e. The minimum atomic E-state index is -0.547. The number of nitrogens with one attached hydrogen (secondary N) is 2. The number of carbonyl (C=O) groups excluding carboxylic acids is 2. The number of amidine groups is 1.